The van der Waals surface area contributed by atoms with E-state index in [0.29, 0.717) is 19.1 Å². The van der Waals surface area contributed by atoms with Crippen molar-refractivity contribution in [3.8, 4) is 0 Å². The lowest BCUT2D eigenvalue weighted by Crippen LogP contribution is -2.43. The normalized spacial score (nSPS) is 17.9. The van der Waals surface area contributed by atoms with E-state index >= 15 is 0 Å². The molecule has 1 saturated carbocycles. The van der Waals surface area contributed by atoms with Crippen molar-refractivity contribution in [3.05, 3.63) is 0 Å². The Labute approximate surface area is 92.2 Å². The summed E-state index contributed by atoms with van der Waals surface area (Å²) in [5, 5.41) is 2.98. The van der Waals surface area contributed by atoms with Gasteiger partial charge in [0.1, 0.15) is 0 Å². The SMILES string of the molecule is CCC(C)NC(=O)CN(CCN)C1CC1. The summed E-state index contributed by atoms with van der Waals surface area (Å²) in [4.78, 5) is 13.8. The van der Waals surface area contributed by atoms with Crippen LogP contribution in [0.2, 0.25) is 0 Å². The van der Waals surface area contributed by atoms with Crippen LogP contribution >= 0.6 is 0 Å². The largest absolute Gasteiger partial charge is 0.353 e. The van der Waals surface area contributed by atoms with Crippen LogP contribution in [0.1, 0.15) is 33.1 Å². The first-order chi connectivity index (χ1) is 7.17. The van der Waals surface area contributed by atoms with Gasteiger partial charge in [0.2, 0.25) is 5.91 Å². The Morgan fingerprint density at radius 2 is 2.27 bits per heavy atom. The van der Waals surface area contributed by atoms with Crippen molar-refractivity contribution in [2.45, 2.75) is 45.2 Å². The van der Waals surface area contributed by atoms with Gasteiger partial charge in [-0.15, -0.1) is 0 Å². The van der Waals surface area contributed by atoms with Crippen molar-refractivity contribution >= 4 is 5.91 Å². The third-order valence-electron chi connectivity index (χ3n) is 2.85. The zero-order valence-corrected chi connectivity index (χ0v) is 9.83. The van der Waals surface area contributed by atoms with Gasteiger partial charge in [-0.25, -0.2) is 0 Å². The molecule has 1 unspecified atom stereocenters. The molecule has 0 spiro atoms. The maximum atomic E-state index is 11.6. The van der Waals surface area contributed by atoms with Crippen LogP contribution in [0.25, 0.3) is 0 Å². The molecule has 0 bridgehead atoms. The van der Waals surface area contributed by atoms with Gasteiger partial charge >= 0.3 is 0 Å². The van der Waals surface area contributed by atoms with Gasteiger partial charge in [-0.3, -0.25) is 9.69 Å². The fourth-order valence-corrected chi connectivity index (χ4v) is 1.60. The van der Waals surface area contributed by atoms with Crippen LogP contribution in [-0.4, -0.2) is 42.5 Å². The molecule has 1 aliphatic rings. The second kappa shape index (κ2) is 6.08. The molecule has 1 aliphatic carbocycles. The molecule has 0 heterocycles. The Kier molecular flexibility index (Phi) is 5.05. The number of nitrogens with one attached hydrogen (secondary N) is 1. The quantitative estimate of drug-likeness (QED) is 0.640. The molecule has 0 aliphatic heterocycles. The highest BCUT2D eigenvalue weighted by atomic mass is 16.2. The standard InChI is InChI=1S/C11H23N3O/c1-3-9(2)13-11(15)8-14(7-6-12)10-4-5-10/h9-10H,3-8,12H2,1-2H3,(H,13,15). The first-order valence-corrected chi connectivity index (χ1v) is 5.90. The minimum absolute atomic E-state index is 0.129. The van der Waals surface area contributed by atoms with Gasteiger partial charge in [0.05, 0.1) is 6.54 Å². The minimum Gasteiger partial charge on any atom is -0.353 e. The fourth-order valence-electron chi connectivity index (χ4n) is 1.60. The summed E-state index contributed by atoms with van der Waals surface area (Å²) in [6.45, 7) is 6.07. The second-order valence-corrected chi connectivity index (χ2v) is 4.37. The average molecular weight is 213 g/mol. The number of amides is 1. The third-order valence-corrected chi connectivity index (χ3v) is 2.85. The molecule has 3 N–H and O–H groups in total. The van der Waals surface area contributed by atoms with Gasteiger partial charge in [-0.05, 0) is 26.2 Å². The summed E-state index contributed by atoms with van der Waals surface area (Å²) in [5.41, 5.74) is 5.52. The maximum Gasteiger partial charge on any atom is 0.234 e. The smallest absolute Gasteiger partial charge is 0.234 e. The van der Waals surface area contributed by atoms with Crippen LogP contribution in [0.5, 0.6) is 0 Å². The number of nitrogens with two attached hydrogens (primary N) is 1. The Balaban J connectivity index is 2.27. The van der Waals surface area contributed by atoms with Crippen molar-refractivity contribution in [2.75, 3.05) is 19.6 Å². The fraction of sp³-hybridized carbons (Fsp3) is 0.909. The number of rotatable bonds is 7. The number of carbonyl (C=O) groups excluding carboxylic acids is 1. The molecule has 88 valence electrons. The number of nitrogens with zero attached hydrogens (tertiary/aromatic N) is 1. The highest BCUT2D eigenvalue weighted by Crippen LogP contribution is 2.25. The van der Waals surface area contributed by atoms with Crippen LogP contribution < -0.4 is 11.1 Å². The van der Waals surface area contributed by atoms with Gasteiger partial charge in [0.25, 0.3) is 0 Å². The molecule has 1 atom stereocenters. The molecular formula is C11H23N3O. The Hall–Kier alpha value is -0.610. The molecule has 4 heteroatoms. The molecule has 0 aromatic carbocycles. The molecular weight excluding hydrogens is 190 g/mol. The first-order valence-electron chi connectivity index (χ1n) is 5.90. The Morgan fingerprint density at radius 3 is 2.73 bits per heavy atom. The lowest BCUT2D eigenvalue weighted by atomic mass is 10.2. The van der Waals surface area contributed by atoms with E-state index in [2.05, 4.69) is 17.1 Å². The Bertz CT molecular complexity index is 204. The van der Waals surface area contributed by atoms with Crippen molar-refractivity contribution in [2.24, 2.45) is 5.73 Å². The van der Waals surface area contributed by atoms with E-state index in [9.17, 15) is 4.79 Å². The topological polar surface area (TPSA) is 58.4 Å². The second-order valence-electron chi connectivity index (χ2n) is 4.37. The molecule has 1 fully saturated rings. The van der Waals surface area contributed by atoms with Crippen LogP contribution in [-0.2, 0) is 4.79 Å². The van der Waals surface area contributed by atoms with Gasteiger partial charge in [-0.2, -0.15) is 0 Å². The van der Waals surface area contributed by atoms with E-state index in [4.69, 9.17) is 5.73 Å². The number of hydrogen-bond acceptors (Lipinski definition) is 3. The number of carbonyl (C=O) groups is 1. The molecule has 0 saturated heterocycles. The van der Waals surface area contributed by atoms with E-state index < -0.39 is 0 Å². The van der Waals surface area contributed by atoms with E-state index in [1.807, 2.05) is 6.92 Å². The van der Waals surface area contributed by atoms with E-state index in [0.717, 1.165) is 13.0 Å². The molecule has 0 radical (unpaired) electrons. The van der Waals surface area contributed by atoms with Gasteiger partial charge < -0.3 is 11.1 Å². The summed E-state index contributed by atoms with van der Waals surface area (Å²) in [7, 11) is 0. The summed E-state index contributed by atoms with van der Waals surface area (Å²) < 4.78 is 0. The van der Waals surface area contributed by atoms with E-state index in [1.54, 1.807) is 0 Å². The summed E-state index contributed by atoms with van der Waals surface area (Å²) in [6, 6.07) is 0.882. The van der Waals surface area contributed by atoms with Gasteiger partial charge in [0.15, 0.2) is 0 Å². The summed E-state index contributed by atoms with van der Waals surface area (Å²) >= 11 is 0. The predicted molar refractivity (Wildman–Crippen MR) is 61.5 cm³/mol. The maximum absolute atomic E-state index is 11.6. The summed E-state index contributed by atoms with van der Waals surface area (Å²) in [6.07, 6.45) is 3.42. The van der Waals surface area contributed by atoms with Crippen LogP contribution in [0.15, 0.2) is 0 Å². The summed E-state index contributed by atoms with van der Waals surface area (Å²) in [5.74, 6) is 0.129. The van der Waals surface area contributed by atoms with Crippen LogP contribution in [0, 0.1) is 0 Å². The van der Waals surface area contributed by atoms with E-state index in [1.165, 1.54) is 12.8 Å². The first kappa shape index (κ1) is 12.5. The van der Waals surface area contributed by atoms with Crippen molar-refractivity contribution in [1.29, 1.82) is 0 Å². The van der Waals surface area contributed by atoms with Crippen LogP contribution in [0.4, 0.5) is 0 Å². The van der Waals surface area contributed by atoms with Crippen molar-refractivity contribution < 1.29 is 4.79 Å². The zero-order chi connectivity index (χ0) is 11.3. The molecule has 1 rings (SSSR count). The van der Waals surface area contributed by atoms with Gasteiger partial charge in [0, 0.05) is 25.2 Å². The van der Waals surface area contributed by atoms with Gasteiger partial charge in [-0.1, -0.05) is 6.92 Å². The molecule has 1 amide bonds. The Morgan fingerprint density at radius 1 is 1.60 bits per heavy atom. The predicted octanol–water partition coefficient (Wildman–Crippen LogP) is 0.324. The molecule has 0 aromatic rings. The average Bonchev–Trinajstić information content (AvgIpc) is 3.00. The lowest BCUT2D eigenvalue weighted by Gasteiger charge is -2.21. The highest BCUT2D eigenvalue weighted by Gasteiger charge is 2.29. The molecule has 15 heavy (non-hydrogen) atoms. The zero-order valence-electron chi connectivity index (χ0n) is 9.83. The monoisotopic (exact) mass is 213 g/mol. The molecule has 4 nitrogen and oxygen atoms in total. The highest BCUT2D eigenvalue weighted by molar-refractivity contribution is 5.78. The number of hydrogen-bond donors (Lipinski definition) is 2. The van der Waals surface area contributed by atoms with Crippen molar-refractivity contribution in [3.63, 3.8) is 0 Å². The van der Waals surface area contributed by atoms with Crippen LogP contribution in [0.3, 0.4) is 0 Å². The lowest BCUT2D eigenvalue weighted by molar-refractivity contribution is -0.123. The van der Waals surface area contributed by atoms with Crippen molar-refractivity contribution in [1.82, 2.24) is 10.2 Å². The third kappa shape index (κ3) is 4.62. The molecule has 0 aromatic heterocycles. The minimum atomic E-state index is 0.129. The van der Waals surface area contributed by atoms with E-state index in [-0.39, 0.29) is 11.9 Å².